The van der Waals surface area contributed by atoms with Gasteiger partial charge in [0.2, 0.25) is 0 Å². The second kappa shape index (κ2) is 10.1. The summed E-state index contributed by atoms with van der Waals surface area (Å²) in [6, 6.07) is 0. The third-order valence-electron chi connectivity index (χ3n) is 5.06. The van der Waals surface area contributed by atoms with Gasteiger partial charge in [0, 0.05) is 21.7 Å². The van der Waals surface area contributed by atoms with Crippen molar-refractivity contribution in [2.45, 2.75) is 18.9 Å². The van der Waals surface area contributed by atoms with E-state index in [-0.39, 0.29) is 40.6 Å². The van der Waals surface area contributed by atoms with Gasteiger partial charge in [0.1, 0.15) is 0 Å². The molecular weight excluding hydrogens is 354 g/mol. The van der Waals surface area contributed by atoms with Crippen molar-refractivity contribution in [2.24, 2.45) is 0 Å². The first-order chi connectivity index (χ1) is 11.9. The average molecular weight is 381 g/mol. The minimum Gasteiger partial charge on any atom is -0.665 e. The molecule has 25 heavy (non-hydrogen) atoms. The first-order valence-corrected chi connectivity index (χ1v) is 9.12. The van der Waals surface area contributed by atoms with E-state index in [9.17, 15) is 0 Å². The van der Waals surface area contributed by atoms with Crippen LogP contribution in [-0.2, 0) is 21.7 Å². The van der Waals surface area contributed by atoms with Crippen LogP contribution >= 0.6 is 0 Å². The SMILES string of the molecule is C1CN2CC[N-]C2[N-]1.C1CN2CC[N-]C2[N-]1.C1CN2CC[N-]C2[N-]1.[Ti]. The molecule has 6 aliphatic heterocycles. The fourth-order valence-electron chi connectivity index (χ4n) is 3.70. The molecule has 6 fully saturated rings. The molecule has 0 aromatic rings. The van der Waals surface area contributed by atoms with Crippen LogP contribution in [0.1, 0.15) is 0 Å². The molecule has 6 heterocycles. The fourth-order valence-corrected chi connectivity index (χ4v) is 3.70. The van der Waals surface area contributed by atoms with Gasteiger partial charge in [-0.3, -0.25) is 0 Å². The molecule has 0 bridgehead atoms. The molecule has 6 aliphatic rings. The third-order valence-corrected chi connectivity index (χ3v) is 5.06. The van der Waals surface area contributed by atoms with Gasteiger partial charge in [0.05, 0.1) is 0 Å². The Kier molecular flexibility index (Phi) is 8.08. The van der Waals surface area contributed by atoms with E-state index in [2.05, 4.69) is 46.6 Å². The summed E-state index contributed by atoms with van der Waals surface area (Å²) < 4.78 is 0. The Bertz CT molecular complexity index is 284. The number of hydrogen-bond donors (Lipinski definition) is 0. The maximum Gasteiger partial charge on any atom is 0 e. The van der Waals surface area contributed by atoms with Crippen LogP contribution in [0.15, 0.2) is 0 Å². The van der Waals surface area contributed by atoms with Crippen LogP contribution in [0.5, 0.6) is 0 Å². The van der Waals surface area contributed by atoms with E-state index in [4.69, 9.17) is 0 Å². The minimum atomic E-state index is 0. The molecular formula is C15H27N9Ti-6. The molecule has 142 valence electrons. The van der Waals surface area contributed by atoms with Crippen molar-refractivity contribution in [3.05, 3.63) is 31.9 Å². The summed E-state index contributed by atoms with van der Waals surface area (Å²) in [6.45, 7) is 12.8. The summed E-state index contributed by atoms with van der Waals surface area (Å²) in [5, 5.41) is 25.5. The molecule has 6 rings (SSSR count). The Balaban J connectivity index is 0.000000107. The third kappa shape index (κ3) is 5.21. The molecule has 0 aliphatic carbocycles. The summed E-state index contributed by atoms with van der Waals surface area (Å²) in [4.78, 5) is 6.92. The van der Waals surface area contributed by atoms with Crippen LogP contribution in [-0.4, -0.2) is 112 Å². The van der Waals surface area contributed by atoms with Crippen molar-refractivity contribution >= 4 is 0 Å². The predicted octanol–water partition coefficient (Wildman–Crippen LogP) is 1.04. The quantitative estimate of drug-likeness (QED) is 0.587. The van der Waals surface area contributed by atoms with Gasteiger partial charge in [-0.05, 0) is 39.3 Å². The average Bonchev–Trinajstić information content (AvgIpc) is 3.33. The molecule has 0 spiro atoms. The maximum atomic E-state index is 4.26. The largest absolute Gasteiger partial charge is 0.665 e. The molecule has 9 nitrogen and oxygen atoms in total. The first kappa shape index (κ1) is 20.1. The molecule has 10 heteroatoms. The summed E-state index contributed by atoms with van der Waals surface area (Å²) in [5.74, 6) is 0. The first-order valence-electron chi connectivity index (χ1n) is 9.12. The fraction of sp³-hybridized carbons (Fsp3) is 1.00. The van der Waals surface area contributed by atoms with E-state index in [0.29, 0.717) is 0 Å². The van der Waals surface area contributed by atoms with Crippen LogP contribution in [0.25, 0.3) is 31.9 Å². The molecule has 0 atom stereocenters. The Morgan fingerprint density at radius 2 is 0.600 bits per heavy atom. The predicted molar refractivity (Wildman–Crippen MR) is 95.4 cm³/mol. The molecule has 0 radical (unpaired) electrons. The summed E-state index contributed by atoms with van der Waals surface area (Å²) in [7, 11) is 0. The van der Waals surface area contributed by atoms with E-state index in [0.717, 1.165) is 78.5 Å². The Labute approximate surface area is 165 Å². The van der Waals surface area contributed by atoms with Gasteiger partial charge in [-0.15, -0.1) is 39.3 Å². The van der Waals surface area contributed by atoms with Crippen LogP contribution in [0.2, 0.25) is 0 Å². The Morgan fingerprint density at radius 3 is 0.760 bits per heavy atom. The van der Waals surface area contributed by atoms with Crippen molar-refractivity contribution < 1.29 is 21.7 Å². The number of hydrogen-bond acceptors (Lipinski definition) is 3. The second-order valence-electron chi connectivity index (χ2n) is 6.58. The zero-order chi connectivity index (χ0) is 16.2. The monoisotopic (exact) mass is 381 g/mol. The Hall–Kier alpha value is 0.354. The van der Waals surface area contributed by atoms with Gasteiger partial charge >= 0.3 is 0 Å². The van der Waals surface area contributed by atoms with E-state index in [1.165, 1.54) is 0 Å². The summed E-state index contributed by atoms with van der Waals surface area (Å²) in [5.41, 5.74) is 0. The van der Waals surface area contributed by atoms with Crippen molar-refractivity contribution in [3.63, 3.8) is 0 Å². The minimum absolute atomic E-state index is 0. The van der Waals surface area contributed by atoms with Crippen LogP contribution in [0.3, 0.4) is 0 Å². The molecule has 0 saturated carbocycles. The number of nitrogens with zero attached hydrogens (tertiary/aromatic N) is 9. The number of rotatable bonds is 0. The van der Waals surface area contributed by atoms with Gasteiger partial charge < -0.3 is 46.6 Å². The van der Waals surface area contributed by atoms with Crippen LogP contribution in [0.4, 0.5) is 0 Å². The van der Waals surface area contributed by atoms with Crippen LogP contribution < -0.4 is 0 Å². The summed E-state index contributed by atoms with van der Waals surface area (Å²) in [6.07, 6.45) is 0.778. The molecule has 6 saturated heterocycles. The van der Waals surface area contributed by atoms with Crippen molar-refractivity contribution in [3.8, 4) is 0 Å². The van der Waals surface area contributed by atoms with E-state index >= 15 is 0 Å². The second-order valence-corrected chi connectivity index (χ2v) is 6.58. The molecule has 0 amide bonds. The van der Waals surface area contributed by atoms with Crippen molar-refractivity contribution in [1.29, 1.82) is 0 Å². The normalized spacial score (nSPS) is 30.2. The van der Waals surface area contributed by atoms with Crippen LogP contribution in [0, 0.1) is 0 Å². The maximum absolute atomic E-state index is 4.26. The smallest absolute Gasteiger partial charge is 0 e. The van der Waals surface area contributed by atoms with Gasteiger partial charge in [-0.1, -0.05) is 0 Å². The molecule has 0 N–H and O–H groups in total. The van der Waals surface area contributed by atoms with Gasteiger partial charge in [0.25, 0.3) is 0 Å². The van der Waals surface area contributed by atoms with Gasteiger partial charge in [-0.25, -0.2) is 0 Å². The zero-order valence-corrected chi connectivity index (χ0v) is 16.3. The number of fused-ring (bicyclic) bond motifs is 3. The van der Waals surface area contributed by atoms with Gasteiger partial charge in [-0.2, -0.15) is 18.9 Å². The zero-order valence-electron chi connectivity index (χ0n) is 14.7. The summed E-state index contributed by atoms with van der Waals surface area (Å²) >= 11 is 0. The molecule has 0 aromatic heterocycles. The Morgan fingerprint density at radius 1 is 0.400 bits per heavy atom. The molecule has 0 aromatic carbocycles. The van der Waals surface area contributed by atoms with Gasteiger partial charge in [0.15, 0.2) is 0 Å². The standard InChI is InChI=1S/3C5H9N3.Ti/c3*1-3-8-4-2-7-5(8)6-1;/h3*5H,1-4H2;/q3*-2;. The molecule has 0 unspecified atom stereocenters. The van der Waals surface area contributed by atoms with Crippen molar-refractivity contribution in [1.82, 2.24) is 14.7 Å². The van der Waals surface area contributed by atoms with Crippen molar-refractivity contribution in [2.75, 3.05) is 78.5 Å². The van der Waals surface area contributed by atoms with E-state index in [1.54, 1.807) is 0 Å². The van der Waals surface area contributed by atoms with E-state index < -0.39 is 0 Å². The van der Waals surface area contributed by atoms with E-state index in [1.807, 2.05) is 0 Å². The topological polar surface area (TPSA) is 94.3 Å².